The highest BCUT2D eigenvalue weighted by Crippen LogP contribution is 2.26. The van der Waals surface area contributed by atoms with Gasteiger partial charge in [-0.15, -0.1) is 0 Å². The molecule has 0 aromatic rings. The average molecular weight is 213 g/mol. The number of hydrogen-bond acceptors (Lipinski definition) is 3. The Morgan fingerprint density at radius 1 is 1.57 bits per heavy atom. The molecule has 1 heterocycles. The summed E-state index contributed by atoms with van der Waals surface area (Å²) < 4.78 is 39.7. The summed E-state index contributed by atoms with van der Waals surface area (Å²) in [6.45, 7) is 0. The van der Waals surface area contributed by atoms with Crippen LogP contribution in [0.25, 0.3) is 0 Å². The van der Waals surface area contributed by atoms with Gasteiger partial charge in [0, 0.05) is 0 Å². The van der Waals surface area contributed by atoms with Gasteiger partial charge in [-0.3, -0.25) is 0 Å². The Morgan fingerprint density at radius 3 is 2.57 bits per heavy atom. The molecule has 1 amide bonds. The summed E-state index contributed by atoms with van der Waals surface area (Å²) in [6.07, 6.45) is -8.88. The molecule has 0 unspecified atom stereocenters. The molecule has 0 aromatic carbocycles. The third kappa shape index (κ3) is 2.51. The predicted molar refractivity (Wildman–Crippen MR) is 35.5 cm³/mol. The maximum absolute atomic E-state index is 11.9. The fourth-order valence-corrected chi connectivity index (χ4v) is 1.07. The van der Waals surface area contributed by atoms with Crippen molar-refractivity contribution in [2.45, 2.75) is 24.7 Å². The highest BCUT2D eigenvalue weighted by molar-refractivity contribution is 5.83. The van der Waals surface area contributed by atoms with Crippen LogP contribution in [-0.4, -0.2) is 35.5 Å². The third-order valence-corrected chi connectivity index (χ3v) is 1.60. The number of carbonyl (C=O) groups excluding carboxylic acids is 1. The number of ether oxygens (including phenoxy) is 1. The molecule has 0 bridgehead atoms. The van der Waals surface area contributed by atoms with Gasteiger partial charge in [0.1, 0.15) is 6.10 Å². The van der Waals surface area contributed by atoms with Crippen LogP contribution >= 0.6 is 0 Å². The van der Waals surface area contributed by atoms with Crippen molar-refractivity contribution >= 4 is 12.1 Å². The van der Waals surface area contributed by atoms with Gasteiger partial charge in [-0.1, -0.05) is 0 Å². The molecule has 8 heteroatoms. The van der Waals surface area contributed by atoms with Gasteiger partial charge >= 0.3 is 18.2 Å². The van der Waals surface area contributed by atoms with E-state index >= 15 is 0 Å². The molecular weight excluding hydrogens is 207 g/mol. The zero-order valence-electron chi connectivity index (χ0n) is 6.67. The number of halogens is 3. The molecule has 0 aliphatic carbocycles. The predicted octanol–water partition coefficient (Wildman–Crippen LogP) is 0.500. The van der Waals surface area contributed by atoms with Gasteiger partial charge in [-0.05, 0) is 0 Å². The maximum Gasteiger partial charge on any atom is 0.408 e. The summed E-state index contributed by atoms with van der Waals surface area (Å²) in [7, 11) is 0. The molecule has 2 atom stereocenters. The highest BCUT2D eigenvalue weighted by atomic mass is 19.4. The first-order valence-corrected chi connectivity index (χ1v) is 3.56. The zero-order valence-corrected chi connectivity index (χ0v) is 6.67. The summed E-state index contributed by atoms with van der Waals surface area (Å²) in [6, 6.07) is -1.64. The molecule has 14 heavy (non-hydrogen) atoms. The second-order valence-corrected chi connectivity index (χ2v) is 2.72. The van der Waals surface area contributed by atoms with Crippen molar-refractivity contribution < 1.29 is 32.6 Å². The number of carboxylic acids is 1. The van der Waals surface area contributed by atoms with Crippen LogP contribution in [-0.2, 0) is 9.53 Å². The Labute approximate surface area is 75.8 Å². The second-order valence-electron chi connectivity index (χ2n) is 2.72. The maximum atomic E-state index is 11.9. The lowest BCUT2D eigenvalue weighted by Crippen LogP contribution is -2.41. The first-order valence-electron chi connectivity index (χ1n) is 3.56. The van der Waals surface area contributed by atoms with E-state index in [0.717, 1.165) is 0 Å². The SMILES string of the molecule is O=C1N[C@@H](C(=O)O)[C@@H](CC(F)(F)F)O1. The van der Waals surface area contributed by atoms with E-state index < -0.39 is 36.8 Å². The van der Waals surface area contributed by atoms with Gasteiger partial charge in [0.25, 0.3) is 0 Å². The fourth-order valence-electron chi connectivity index (χ4n) is 1.07. The number of rotatable bonds is 2. The molecule has 1 fully saturated rings. The molecule has 1 saturated heterocycles. The van der Waals surface area contributed by atoms with Crippen molar-refractivity contribution in [3.05, 3.63) is 0 Å². The van der Waals surface area contributed by atoms with Crippen molar-refractivity contribution in [1.82, 2.24) is 5.32 Å². The van der Waals surface area contributed by atoms with Crippen LogP contribution in [0.5, 0.6) is 0 Å². The average Bonchev–Trinajstić information content (AvgIpc) is 2.27. The molecule has 0 saturated carbocycles. The molecule has 0 spiro atoms. The standard InChI is InChI=1S/C6H6F3NO4/c7-6(8,9)1-2-3(4(11)12)10-5(13)14-2/h2-3H,1H2,(H,10,13)(H,11,12)/t2-,3-/m1/s1. The quantitative estimate of drug-likeness (QED) is 0.700. The Hall–Kier alpha value is -1.47. The van der Waals surface area contributed by atoms with Crippen LogP contribution in [0.1, 0.15) is 6.42 Å². The van der Waals surface area contributed by atoms with Crippen molar-refractivity contribution in [3.63, 3.8) is 0 Å². The zero-order chi connectivity index (χ0) is 10.9. The number of alkyl carbamates (subject to hydrolysis) is 1. The van der Waals surface area contributed by atoms with Gasteiger partial charge in [0.2, 0.25) is 0 Å². The largest absolute Gasteiger partial charge is 0.480 e. The summed E-state index contributed by atoms with van der Waals surface area (Å²) >= 11 is 0. The van der Waals surface area contributed by atoms with Crippen LogP contribution < -0.4 is 5.32 Å². The normalized spacial score (nSPS) is 26.9. The number of nitrogens with one attached hydrogen (secondary N) is 1. The third-order valence-electron chi connectivity index (χ3n) is 1.60. The van der Waals surface area contributed by atoms with Gasteiger partial charge in [-0.25, -0.2) is 9.59 Å². The Morgan fingerprint density at radius 2 is 2.14 bits per heavy atom. The van der Waals surface area contributed by atoms with Gasteiger partial charge in [-0.2, -0.15) is 13.2 Å². The minimum absolute atomic E-state index is 1.15. The number of hydrogen-bond donors (Lipinski definition) is 2. The number of carboxylic acid groups (broad SMARTS) is 1. The number of amides is 1. The summed E-state index contributed by atoms with van der Waals surface area (Å²) in [5, 5.41) is 10.2. The van der Waals surface area contributed by atoms with Crippen molar-refractivity contribution in [1.29, 1.82) is 0 Å². The number of alkyl halides is 3. The Kier molecular flexibility index (Phi) is 2.54. The number of carbonyl (C=O) groups is 2. The molecule has 1 rings (SSSR count). The molecule has 80 valence electrons. The lowest BCUT2D eigenvalue weighted by atomic mass is 10.1. The second kappa shape index (κ2) is 3.35. The van der Waals surface area contributed by atoms with Crippen LogP contribution in [0.4, 0.5) is 18.0 Å². The molecule has 0 aromatic heterocycles. The smallest absolute Gasteiger partial charge is 0.408 e. The fraction of sp³-hybridized carbons (Fsp3) is 0.667. The first-order chi connectivity index (χ1) is 6.29. The van der Waals surface area contributed by atoms with Crippen molar-refractivity contribution in [2.75, 3.05) is 0 Å². The van der Waals surface area contributed by atoms with E-state index in [9.17, 15) is 22.8 Å². The number of aliphatic carboxylic acids is 1. The van der Waals surface area contributed by atoms with Crippen LogP contribution in [0.15, 0.2) is 0 Å². The van der Waals surface area contributed by atoms with Gasteiger partial charge in [0.05, 0.1) is 6.42 Å². The summed E-state index contributed by atoms with van der Waals surface area (Å²) in [5.41, 5.74) is 0. The molecule has 1 aliphatic heterocycles. The molecule has 1 aliphatic rings. The molecule has 5 nitrogen and oxygen atoms in total. The van der Waals surface area contributed by atoms with Crippen LogP contribution in [0.2, 0.25) is 0 Å². The molecule has 2 N–H and O–H groups in total. The van der Waals surface area contributed by atoms with E-state index in [2.05, 4.69) is 4.74 Å². The Bertz CT molecular complexity index is 264. The molecule has 0 radical (unpaired) electrons. The lowest BCUT2D eigenvalue weighted by molar-refractivity contribution is -0.157. The highest BCUT2D eigenvalue weighted by Gasteiger charge is 2.45. The van der Waals surface area contributed by atoms with E-state index in [4.69, 9.17) is 5.11 Å². The minimum Gasteiger partial charge on any atom is -0.480 e. The lowest BCUT2D eigenvalue weighted by Gasteiger charge is -2.14. The van der Waals surface area contributed by atoms with Crippen LogP contribution in [0.3, 0.4) is 0 Å². The minimum atomic E-state index is -4.56. The summed E-state index contributed by atoms with van der Waals surface area (Å²) in [5.74, 6) is -1.55. The Balaban J connectivity index is 2.67. The van der Waals surface area contributed by atoms with E-state index in [-0.39, 0.29) is 0 Å². The van der Waals surface area contributed by atoms with E-state index in [1.165, 1.54) is 0 Å². The van der Waals surface area contributed by atoms with Gasteiger partial charge < -0.3 is 15.2 Å². The summed E-state index contributed by atoms with van der Waals surface area (Å²) in [4.78, 5) is 20.9. The van der Waals surface area contributed by atoms with Crippen molar-refractivity contribution in [2.24, 2.45) is 0 Å². The van der Waals surface area contributed by atoms with Crippen LogP contribution in [0, 0.1) is 0 Å². The van der Waals surface area contributed by atoms with E-state index in [1.807, 2.05) is 0 Å². The van der Waals surface area contributed by atoms with E-state index in [1.54, 1.807) is 5.32 Å². The number of cyclic esters (lactones) is 1. The monoisotopic (exact) mass is 213 g/mol. The first kappa shape index (κ1) is 10.6. The van der Waals surface area contributed by atoms with Gasteiger partial charge in [0.15, 0.2) is 6.04 Å². The van der Waals surface area contributed by atoms with E-state index in [0.29, 0.717) is 0 Å². The van der Waals surface area contributed by atoms with Crippen molar-refractivity contribution in [3.8, 4) is 0 Å². The molecular formula is C6H6F3NO4. The topological polar surface area (TPSA) is 75.6 Å².